The molecule has 0 N–H and O–H groups in total. The number of aromatic nitrogens is 2. The predicted molar refractivity (Wildman–Crippen MR) is 79.3 cm³/mol. The third-order valence-corrected chi connectivity index (χ3v) is 3.07. The van der Waals surface area contributed by atoms with Crippen molar-refractivity contribution in [2.45, 2.75) is 0 Å². The largest absolute Gasteiger partial charge is 0.289 e. The Bertz CT molecular complexity index is 820. The lowest BCUT2D eigenvalue weighted by Gasteiger charge is -2.00. The molecule has 21 heavy (non-hydrogen) atoms. The van der Waals surface area contributed by atoms with E-state index >= 15 is 0 Å². The normalized spacial score (nSPS) is 11.1. The van der Waals surface area contributed by atoms with E-state index in [-0.39, 0.29) is 11.6 Å². The zero-order valence-corrected chi connectivity index (χ0v) is 11.0. The van der Waals surface area contributed by atoms with Crippen LogP contribution in [0.5, 0.6) is 0 Å². The number of halogens is 1. The molecule has 0 amide bonds. The van der Waals surface area contributed by atoms with E-state index in [0.29, 0.717) is 5.56 Å². The first-order valence-electron chi connectivity index (χ1n) is 6.42. The summed E-state index contributed by atoms with van der Waals surface area (Å²) in [5.41, 5.74) is 2.77. The van der Waals surface area contributed by atoms with Crippen molar-refractivity contribution in [2.75, 3.05) is 0 Å². The van der Waals surface area contributed by atoms with Crippen molar-refractivity contribution < 1.29 is 9.18 Å². The SMILES string of the molecule is O=C(/C=C\c1cccc2nccnc12)c1ccc(F)cc1. The lowest BCUT2D eigenvalue weighted by Crippen LogP contribution is -1.94. The first-order chi connectivity index (χ1) is 10.2. The van der Waals surface area contributed by atoms with Gasteiger partial charge in [0.15, 0.2) is 5.78 Å². The Morgan fingerprint density at radius 1 is 1.00 bits per heavy atom. The van der Waals surface area contributed by atoms with E-state index in [1.165, 1.54) is 30.3 Å². The third kappa shape index (κ3) is 2.84. The molecule has 1 heterocycles. The number of allylic oxidation sites excluding steroid dienone is 1. The molecule has 1 aromatic heterocycles. The second-order valence-electron chi connectivity index (χ2n) is 4.48. The average molecular weight is 278 g/mol. The Kier molecular flexibility index (Phi) is 3.51. The summed E-state index contributed by atoms with van der Waals surface area (Å²) < 4.78 is 12.8. The minimum Gasteiger partial charge on any atom is -0.289 e. The fourth-order valence-corrected chi connectivity index (χ4v) is 2.03. The van der Waals surface area contributed by atoms with E-state index in [9.17, 15) is 9.18 Å². The Morgan fingerprint density at radius 3 is 2.57 bits per heavy atom. The highest BCUT2D eigenvalue weighted by Crippen LogP contribution is 2.15. The van der Waals surface area contributed by atoms with Crippen LogP contribution in [-0.4, -0.2) is 15.8 Å². The lowest BCUT2D eigenvalue weighted by molar-refractivity contribution is 0.104. The summed E-state index contributed by atoms with van der Waals surface area (Å²) in [7, 11) is 0. The Morgan fingerprint density at radius 2 is 1.76 bits per heavy atom. The molecule has 0 aliphatic rings. The molecule has 4 heteroatoms. The molecule has 0 saturated heterocycles. The summed E-state index contributed by atoms with van der Waals surface area (Å²) in [5.74, 6) is -0.546. The van der Waals surface area contributed by atoms with Gasteiger partial charge in [-0.25, -0.2) is 4.39 Å². The number of fused-ring (bicyclic) bond motifs is 1. The quantitative estimate of drug-likeness (QED) is 0.542. The van der Waals surface area contributed by atoms with Crippen molar-refractivity contribution in [1.82, 2.24) is 9.97 Å². The summed E-state index contributed by atoms with van der Waals surface area (Å²) in [6.45, 7) is 0. The van der Waals surface area contributed by atoms with Crippen LogP contribution in [0.15, 0.2) is 60.9 Å². The zero-order valence-electron chi connectivity index (χ0n) is 11.0. The summed E-state index contributed by atoms with van der Waals surface area (Å²) in [6.07, 6.45) is 6.39. The summed E-state index contributed by atoms with van der Waals surface area (Å²) >= 11 is 0. The molecule has 2 aromatic carbocycles. The van der Waals surface area contributed by atoms with Crippen LogP contribution in [0.1, 0.15) is 15.9 Å². The van der Waals surface area contributed by atoms with E-state index in [0.717, 1.165) is 16.6 Å². The second-order valence-corrected chi connectivity index (χ2v) is 4.48. The molecule has 0 fully saturated rings. The van der Waals surface area contributed by atoms with Crippen LogP contribution < -0.4 is 0 Å². The molecule has 0 unspecified atom stereocenters. The third-order valence-electron chi connectivity index (χ3n) is 3.07. The van der Waals surface area contributed by atoms with Crippen molar-refractivity contribution in [3.63, 3.8) is 0 Å². The van der Waals surface area contributed by atoms with E-state index < -0.39 is 0 Å². The number of hydrogen-bond acceptors (Lipinski definition) is 3. The maximum atomic E-state index is 12.8. The van der Waals surface area contributed by atoms with Crippen molar-refractivity contribution in [3.05, 3.63) is 77.9 Å². The van der Waals surface area contributed by atoms with Gasteiger partial charge in [0.2, 0.25) is 0 Å². The molecule has 102 valence electrons. The minimum atomic E-state index is -0.361. The predicted octanol–water partition coefficient (Wildman–Crippen LogP) is 3.67. The molecule has 3 nitrogen and oxygen atoms in total. The maximum Gasteiger partial charge on any atom is 0.185 e. The fourth-order valence-electron chi connectivity index (χ4n) is 2.03. The van der Waals surface area contributed by atoms with Gasteiger partial charge in [0.05, 0.1) is 11.0 Å². The number of hydrogen-bond donors (Lipinski definition) is 0. The van der Waals surface area contributed by atoms with E-state index in [4.69, 9.17) is 0 Å². The van der Waals surface area contributed by atoms with Crippen molar-refractivity contribution >= 4 is 22.9 Å². The van der Waals surface area contributed by atoms with Gasteiger partial charge in [0.25, 0.3) is 0 Å². The number of carbonyl (C=O) groups is 1. The fraction of sp³-hybridized carbons (Fsp3) is 0. The first-order valence-corrected chi connectivity index (χ1v) is 6.42. The van der Waals surface area contributed by atoms with Gasteiger partial charge in [-0.1, -0.05) is 12.1 Å². The zero-order chi connectivity index (χ0) is 14.7. The van der Waals surface area contributed by atoms with Gasteiger partial charge in [-0.2, -0.15) is 0 Å². The first kappa shape index (κ1) is 13.1. The van der Waals surface area contributed by atoms with Crippen LogP contribution in [-0.2, 0) is 0 Å². The number of para-hydroxylation sites is 1. The standard InChI is InChI=1S/C17H11FN2O/c18-14-7-4-12(5-8-14)16(21)9-6-13-2-1-3-15-17(13)20-11-10-19-15/h1-11H/b9-6-. The number of ketones is 1. The van der Waals surface area contributed by atoms with E-state index in [1.54, 1.807) is 18.5 Å². The Hall–Kier alpha value is -2.88. The second kappa shape index (κ2) is 5.63. The minimum absolute atomic E-state index is 0.184. The Labute approximate surface area is 120 Å². The Balaban J connectivity index is 1.91. The van der Waals surface area contributed by atoms with Gasteiger partial charge >= 0.3 is 0 Å². The van der Waals surface area contributed by atoms with Crippen molar-refractivity contribution in [3.8, 4) is 0 Å². The monoisotopic (exact) mass is 278 g/mol. The molecule has 0 spiro atoms. The molecule has 0 atom stereocenters. The van der Waals surface area contributed by atoms with Crippen LogP contribution >= 0.6 is 0 Å². The van der Waals surface area contributed by atoms with Gasteiger partial charge in [0, 0.05) is 23.5 Å². The molecule has 0 saturated carbocycles. The highest BCUT2D eigenvalue weighted by atomic mass is 19.1. The van der Waals surface area contributed by atoms with Crippen molar-refractivity contribution in [2.24, 2.45) is 0 Å². The van der Waals surface area contributed by atoms with Gasteiger partial charge in [-0.05, 0) is 42.5 Å². The van der Waals surface area contributed by atoms with Crippen LogP contribution in [0.4, 0.5) is 4.39 Å². The van der Waals surface area contributed by atoms with Crippen LogP contribution in [0, 0.1) is 5.82 Å². The van der Waals surface area contributed by atoms with Gasteiger partial charge in [-0.15, -0.1) is 0 Å². The molecule has 3 rings (SSSR count). The number of rotatable bonds is 3. The van der Waals surface area contributed by atoms with Crippen LogP contribution in [0.3, 0.4) is 0 Å². The number of nitrogens with zero attached hydrogens (tertiary/aromatic N) is 2. The number of carbonyl (C=O) groups excluding carboxylic acids is 1. The highest BCUT2D eigenvalue weighted by molar-refractivity contribution is 6.07. The molecular formula is C17H11FN2O. The van der Waals surface area contributed by atoms with Gasteiger partial charge in [0.1, 0.15) is 5.82 Å². The molecule has 0 aliphatic heterocycles. The van der Waals surface area contributed by atoms with Gasteiger partial charge < -0.3 is 0 Å². The van der Waals surface area contributed by atoms with E-state index in [2.05, 4.69) is 9.97 Å². The molecule has 3 aromatic rings. The van der Waals surface area contributed by atoms with E-state index in [1.807, 2.05) is 18.2 Å². The van der Waals surface area contributed by atoms with Crippen molar-refractivity contribution in [1.29, 1.82) is 0 Å². The lowest BCUT2D eigenvalue weighted by atomic mass is 10.1. The smallest absolute Gasteiger partial charge is 0.185 e. The average Bonchev–Trinajstić information content (AvgIpc) is 2.53. The molecule has 0 bridgehead atoms. The van der Waals surface area contributed by atoms with Gasteiger partial charge in [-0.3, -0.25) is 14.8 Å². The summed E-state index contributed by atoms with van der Waals surface area (Å²) in [6, 6.07) is 11.1. The highest BCUT2D eigenvalue weighted by Gasteiger charge is 2.03. The van der Waals surface area contributed by atoms with Crippen LogP contribution in [0.25, 0.3) is 17.1 Å². The molecular weight excluding hydrogens is 267 g/mol. The topological polar surface area (TPSA) is 42.9 Å². The molecule has 0 aliphatic carbocycles. The molecule has 0 radical (unpaired) electrons. The maximum absolute atomic E-state index is 12.8. The number of benzene rings is 2. The van der Waals surface area contributed by atoms with Crippen LogP contribution in [0.2, 0.25) is 0 Å². The summed E-state index contributed by atoms with van der Waals surface area (Å²) in [4.78, 5) is 20.5. The summed E-state index contributed by atoms with van der Waals surface area (Å²) in [5, 5.41) is 0.